The number of alkyl halides is 3. The van der Waals surface area contributed by atoms with Crippen molar-refractivity contribution in [1.29, 1.82) is 0 Å². The zero-order valence-electron chi connectivity index (χ0n) is 14.6. The van der Waals surface area contributed by atoms with Gasteiger partial charge in [0.2, 0.25) is 0 Å². The minimum atomic E-state index is -4.50. The number of nitrogens with one attached hydrogen (secondary N) is 1. The molecular weight excluding hydrogens is 375 g/mol. The third-order valence-electron chi connectivity index (χ3n) is 4.32. The number of anilines is 2. The van der Waals surface area contributed by atoms with Crippen LogP contribution in [0.5, 0.6) is 0 Å². The number of pyridine rings is 1. The Kier molecular flexibility index (Phi) is 6.26. The van der Waals surface area contributed by atoms with Crippen molar-refractivity contribution < 1.29 is 18.0 Å². The zero-order chi connectivity index (χ0) is 19.3. The van der Waals surface area contributed by atoms with Crippen molar-refractivity contribution in [2.24, 2.45) is 0 Å². The van der Waals surface area contributed by atoms with Crippen molar-refractivity contribution in [1.82, 2.24) is 4.98 Å². The zero-order valence-corrected chi connectivity index (χ0v) is 15.4. The molecule has 0 bridgehead atoms. The molecule has 1 aromatic heterocycles. The number of thioether (sulfide) groups is 1. The van der Waals surface area contributed by atoms with E-state index >= 15 is 0 Å². The van der Waals surface area contributed by atoms with E-state index in [-0.39, 0.29) is 22.4 Å². The van der Waals surface area contributed by atoms with Gasteiger partial charge in [-0.05, 0) is 49.2 Å². The van der Waals surface area contributed by atoms with E-state index in [0.717, 1.165) is 18.8 Å². The summed E-state index contributed by atoms with van der Waals surface area (Å²) in [5.74, 6) is -0.614. The fourth-order valence-corrected chi connectivity index (χ4v) is 3.64. The van der Waals surface area contributed by atoms with Crippen molar-refractivity contribution in [3.8, 4) is 0 Å². The van der Waals surface area contributed by atoms with Crippen molar-refractivity contribution in [2.45, 2.75) is 36.2 Å². The number of hydrogen-bond donors (Lipinski definition) is 1. The maximum absolute atomic E-state index is 12.6. The van der Waals surface area contributed by atoms with Gasteiger partial charge < -0.3 is 10.2 Å². The molecule has 1 N–H and O–H groups in total. The molecule has 2 aromatic rings. The molecule has 3 rings (SSSR count). The first-order valence-electron chi connectivity index (χ1n) is 8.79. The molecule has 1 saturated heterocycles. The van der Waals surface area contributed by atoms with Gasteiger partial charge in [0.15, 0.2) is 0 Å². The second-order valence-electron chi connectivity index (χ2n) is 6.31. The first kappa shape index (κ1) is 19.5. The van der Waals surface area contributed by atoms with Crippen LogP contribution in [-0.4, -0.2) is 29.5 Å². The molecule has 0 unspecified atom stereocenters. The molecule has 27 heavy (non-hydrogen) atoms. The Bertz CT molecular complexity index is 773. The molecule has 0 spiro atoms. The molecule has 1 amide bonds. The predicted molar refractivity (Wildman–Crippen MR) is 101 cm³/mol. The van der Waals surface area contributed by atoms with Crippen molar-refractivity contribution in [2.75, 3.05) is 23.3 Å². The molecule has 1 aliphatic rings. The van der Waals surface area contributed by atoms with Crippen LogP contribution in [-0.2, 0) is 0 Å². The lowest BCUT2D eigenvalue weighted by atomic mass is 10.2. The molecule has 1 fully saturated rings. The number of nitrogens with zero attached hydrogens (tertiary/aromatic N) is 2. The lowest BCUT2D eigenvalue weighted by Gasteiger charge is -2.22. The van der Waals surface area contributed by atoms with Gasteiger partial charge in [-0.1, -0.05) is 12.8 Å². The summed E-state index contributed by atoms with van der Waals surface area (Å²) in [5.41, 5.74) is -2.98. The SMILES string of the molecule is O=C(Nc1ccc(N2CCCCCC2)cc1)c1cccnc1SC(F)(F)F. The third-order valence-corrected chi connectivity index (χ3v) is 5.07. The summed E-state index contributed by atoms with van der Waals surface area (Å²) in [7, 11) is 0. The highest BCUT2D eigenvalue weighted by atomic mass is 32.2. The van der Waals surface area contributed by atoms with E-state index in [1.807, 2.05) is 12.1 Å². The normalized spacial score (nSPS) is 15.3. The van der Waals surface area contributed by atoms with Crippen LogP contribution >= 0.6 is 11.8 Å². The topological polar surface area (TPSA) is 45.2 Å². The van der Waals surface area contributed by atoms with E-state index < -0.39 is 11.4 Å². The van der Waals surface area contributed by atoms with Crippen LogP contribution in [0.2, 0.25) is 0 Å². The molecule has 0 radical (unpaired) electrons. The fraction of sp³-hybridized carbons (Fsp3) is 0.368. The van der Waals surface area contributed by atoms with Gasteiger partial charge in [0.05, 0.1) is 5.56 Å². The Balaban J connectivity index is 1.69. The lowest BCUT2D eigenvalue weighted by molar-refractivity contribution is -0.0329. The molecule has 144 valence electrons. The highest BCUT2D eigenvalue weighted by Gasteiger charge is 2.32. The molecule has 4 nitrogen and oxygen atoms in total. The monoisotopic (exact) mass is 395 g/mol. The van der Waals surface area contributed by atoms with Crippen LogP contribution in [0.4, 0.5) is 24.5 Å². The molecule has 0 saturated carbocycles. The smallest absolute Gasteiger partial charge is 0.372 e. The van der Waals surface area contributed by atoms with Crippen LogP contribution in [0.3, 0.4) is 0 Å². The average molecular weight is 395 g/mol. The molecule has 0 aliphatic carbocycles. The quantitative estimate of drug-likeness (QED) is 0.711. The lowest BCUT2D eigenvalue weighted by Crippen LogP contribution is -2.23. The first-order valence-corrected chi connectivity index (χ1v) is 9.61. The van der Waals surface area contributed by atoms with E-state index in [0.29, 0.717) is 5.69 Å². The second kappa shape index (κ2) is 8.65. The summed E-state index contributed by atoms with van der Waals surface area (Å²) in [6.45, 7) is 2.03. The summed E-state index contributed by atoms with van der Waals surface area (Å²) in [6.07, 6.45) is 6.06. The number of hydrogen-bond acceptors (Lipinski definition) is 4. The number of benzene rings is 1. The maximum Gasteiger partial charge on any atom is 0.447 e. The van der Waals surface area contributed by atoms with Gasteiger partial charge in [0.25, 0.3) is 5.91 Å². The Morgan fingerprint density at radius 3 is 2.33 bits per heavy atom. The van der Waals surface area contributed by atoms with Crippen LogP contribution in [0.25, 0.3) is 0 Å². The van der Waals surface area contributed by atoms with Crippen molar-refractivity contribution >= 4 is 29.0 Å². The molecular formula is C19H20F3N3OS. The van der Waals surface area contributed by atoms with Gasteiger partial charge in [-0.15, -0.1) is 0 Å². The Hall–Kier alpha value is -2.22. The van der Waals surface area contributed by atoms with E-state index in [9.17, 15) is 18.0 Å². The molecule has 2 heterocycles. The fourth-order valence-electron chi connectivity index (χ4n) is 3.04. The highest BCUT2D eigenvalue weighted by Crippen LogP contribution is 2.37. The summed E-state index contributed by atoms with van der Waals surface area (Å²) < 4.78 is 37.9. The van der Waals surface area contributed by atoms with Gasteiger partial charge >= 0.3 is 5.51 Å². The highest BCUT2D eigenvalue weighted by molar-refractivity contribution is 8.00. The Morgan fingerprint density at radius 1 is 1.04 bits per heavy atom. The second-order valence-corrected chi connectivity index (χ2v) is 7.36. The molecule has 0 atom stereocenters. The van der Waals surface area contributed by atoms with Gasteiger partial charge in [0, 0.05) is 42.4 Å². The predicted octanol–water partition coefficient (Wildman–Crippen LogP) is 5.33. The van der Waals surface area contributed by atoms with Crippen LogP contribution in [0.15, 0.2) is 47.6 Å². The number of carbonyl (C=O) groups is 1. The molecule has 1 aromatic carbocycles. The number of amides is 1. The van der Waals surface area contributed by atoms with E-state index in [2.05, 4.69) is 15.2 Å². The number of rotatable bonds is 4. The summed E-state index contributed by atoms with van der Waals surface area (Å²) in [5, 5.41) is 2.29. The van der Waals surface area contributed by atoms with Gasteiger partial charge in [-0.3, -0.25) is 4.79 Å². The standard InChI is InChI=1S/C19H20F3N3OS/c20-19(21,22)27-18-16(6-5-11-23-18)17(26)24-14-7-9-15(10-8-14)25-12-3-1-2-4-13-25/h5-11H,1-4,12-13H2,(H,24,26). The minimum absolute atomic E-state index is 0.101. The third kappa shape index (κ3) is 5.63. The summed E-state index contributed by atoms with van der Waals surface area (Å²) >= 11 is -0.389. The average Bonchev–Trinajstić information content (AvgIpc) is 2.91. The number of aromatic nitrogens is 1. The Labute approximate surface area is 160 Å². The van der Waals surface area contributed by atoms with Gasteiger partial charge in [-0.2, -0.15) is 13.2 Å². The maximum atomic E-state index is 12.6. The van der Waals surface area contributed by atoms with Crippen LogP contribution in [0, 0.1) is 0 Å². The molecule has 1 aliphatic heterocycles. The number of carbonyl (C=O) groups excluding carboxylic acids is 1. The largest absolute Gasteiger partial charge is 0.447 e. The minimum Gasteiger partial charge on any atom is -0.372 e. The van der Waals surface area contributed by atoms with E-state index in [4.69, 9.17) is 0 Å². The first-order chi connectivity index (χ1) is 12.9. The van der Waals surface area contributed by atoms with Crippen LogP contribution in [0.1, 0.15) is 36.0 Å². The van der Waals surface area contributed by atoms with Gasteiger partial charge in [-0.25, -0.2) is 4.98 Å². The van der Waals surface area contributed by atoms with E-state index in [1.54, 1.807) is 12.1 Å². The van der Waals surface area contributed by atoms with Gasteiger partial charge in [0.1, 0.15) is 5.03 Å². The molecule has 8 heteroatoms. The Morgan fingerprint density at radius 2 is 1.70 bits per heavy atom. The van der Waals surface area contributed by atoms with Crippen LogP contribution < -0.4 is 10.2 Å². The van der Waals surface area contributed by atoms with E-state index in [1.165, 1.54) is 44.0 Å². The summed E-state index contributed by atoms with van der Waals surface area (Å²) in [4.78, 5) is 18.4. The summed E-state index contributed by atoms with van der Waals surface area (Å²) in [6, 6.07) is 10.2. The van der Waals surface area contributed by atoms with Crippen molar-refractivity contribution in [3.05, 3.63) is 48.2 Å². The van der Waals surface area contributed by atoms with Crippen molar-refractivity contribution in [3.63, 3.8) is 0 Å². The number of halogens is 3.